The van der Waals surface area contributed by atoms with Gasteiger partial charge in [0.1, 0.15) is 11.9 Å². The lowest BCUT2D eigenvalue weighted by atomic mass is 10.1. The van der Waals surface area contributed by atoms with Crippen molar-refractivity contribution < 1.29 is 19.1 Å². The SMILES string of the molecule is CCOC(=O)c1cnc2ccc(OC3CCN(C=O)CC3)cc2c1Cl. The van der Waals surface area contributed by atoms with Crippen LogP contribution in [0.3, 0.4) is 0 Å². The van der Waals surface area contributed by atoms with Crippen LogP contribution < -0.4 is 4.74 Å². The normalized spacial score (nSPS) is 15.2. The molecule has 0 N–H and O–H groups in total. The van der Waals surface area contributed by atoms with E-state index in [0.29, 0.717) is 34.8 Å². The third kappa shape index (κ3) is 3.85. The second kappa shape index (κ2) is 7.70. The van der Waals surface area contributed by atoms with E-state index < -0.39 is 5.97 Å². The molecule has 3 rings (SSSR count). The Morgan fingerprint density at radius 2 is 2.16 bits per heavy atom. The van der Waals surface area contributed by atoms with Gasteiger partial charge in [-0.2, -0.15) is 0 Å². The lowest BCUT2D eigenvalue weighted by molar-refractivity contribution is -0.119. The standard InChI is InChI=1S/C18H19ClN2O4/c1-2-24-18(23)15-10-20-16-4-3-13(9-14(16)17(15)19)25-12-5-7-21(11-22)8-6-12/h3-4,9-12H,2,5-8H2,1H3. The number of benzene rings is 1. The number of carbonyl (C=O) groups is 2. The molecule has 0 bridgehead atoms. The van der Waals surface area contributed by atoms with Crippen LogP contribution in [0.15, 0.2) is 24.4 Å². The van der Waals surface area contributed by atoms with E-state index in [0.717, 1.165) is 19.3 Å². The van der Waals surface area contributed by atoms with Gasteiger partial charge in [0.2, 0.25) is 6.41 Å². The molecule has 6 nitrogen and oxygen atoms in total. The van der Waals surface area contributed by atoms with Crippen molar-refractivity contribution in [2.75, 3.05) is 19.7 Å². The molecular weight excluding hydrogens is 344 g/mol. The second-order valence-electron chi connectivity index (χ2n) is 5.84. The zero-order valence-corrected chi connectivity index (χ0v) is 14.7. The van der Waals surface area contributed by atoms with Crippen LogP contribution in [0.25, 0.3) is 10.9 Å². The maximum atomic E-state index is 12.0. The number of halogens is 1. The van der Waals surface area contributed by atoms with Crippen LogP contribution in [0.4, 0.5) is 0 Å². The first-order valence-corrected chi connectivity index (χ1v) is 8.61. The number of pyridine rings is 1. The Labute approximate surface area is 150 Å². The average Bonchev–Trinajstić information content (AvgIpc) is 2.63. The van der Waals surface area contributed by atoms with Gasteiger partial charge in [0.15, 0.2) is 0 Å². The number of esters is 1. The van der Waals surface area contributed by atoms with Crippen molar-refractivity contribution in [2.24, 2.45) is 0 Å². The van der Waals surface area contributed by atoms with E-state index in [1.807, 2.05) is 12.1 Å². The topological polar surface area (TPSA) is 68.7 Å². The van der Waals surface area contributed by atoms with Crippen LogP contribution in [0.1, 0.15) is 30.1 Å². The number of amides is 1. The van der Waals surface area contributed by atoms with E-state index >= 15 is 0 Å². The van der Waals surface area contributed by atoms with E-state index in [9.17, 15) is 9.59 Å². The lowest BCUT2D eigenvalue weighted by Crippen LogP contribution is -2.37. The predicted octanol–water partition coefficient (Wildman–Crippen LogP) is 3.06. The van der Waals surface area contributed by atoms with Crippen molar-refractivity contribution in [2.45, 2.75) is 25.9 Å². The predicted molar refractivity (Wildman–Crippen MR) is 94.0 cm³/mol. The van der Waals surface area contributed by atoms with Crippen molar-refractivity contribution in [3.8, 4) is 5.75 Å². The van der Waals surface area contributed by atoms with E-state index in [1.165, 1.54) is 6.20 Å². The molecule has 2 aromatic rings. The monoisotopic (exact) mass is 362 g/mol. The molecule has 0 unspecified atom stereocenters. The van der Waals surface area contributed by atoms with E-state index in [1.54, 1.807) is 17.9 Å². The van der Waals surface area contributed by atoms with E-state index in [2.05, 4.69) is 4.98 Å². The quantitative estimate of drug-likeness (QED) is 0.604. The highest BCUT2D eigenvalue weighted by atomic mass is 35.5. The minimum atomic E-state index is -0.491. The summed E-state index contributed by atoms with van der Waals surface area (Å²) < 4.78 is 11.0. The van der Waals surface area contributed by atoms with Gasteiger partial charge in [-0.15, -0.1) is 0 Å². The van der Waals surface area contributed by atoms with Crippen LogP contribution in [0, 0.1) is 0 Å². The molecule has 0 radical (unpaired) electrons. The molecule has 0 spiro atoms. The summed E-state index contributed by atoms with van der Waals surface area (Å²) in [4.78, 5) is 28.7. The van der Waals surface area contributed by atoms with E-state index in [4.69, 9.17) is 21.1 Å². The molecule has 1 fully saturated rings. The number of likely N-dealkylation sites (tertiary alicyclic amines) is 1. The number of rotatable bonds is 5. The zero-order chi connectivity index (χ0) is 17.8. The molecule has 132 valence electrons. The molecule has 25 heavy (non-hydrogen) atoms. The zero-order valence-electron chi connectivity index (χ0n) is 13.9. The molecule has 0 atom stereocenters. The largest absolute Gasteiger partial charge is 0.490 e. The Morgan fingerprint density at radius 1 is 1.40 bits per heavy atom. The van der Waals surface area contributed by atoms with Gasteiger partial charge in [-0.3, -0.25) is 9.78 Å². The summed E-state index contributed by atoms with van der Waals surface area (Å²) in [6, 6.07) is 5.44. The summed E-state index contributed by atoms with van der Waals surface area (Å²) in [5, 5.41) is 0.958. The number of ether oxygens (including phenoxy) is 2. The Bertz CT molecular complexity index is 788. The molecule has 1 aromatic carbocycles. The van der Waals surface area contributed by atoms with Gasteiger partial charge in [0.05, 0.1) is 22.7 Å². The van der Waals surface area contributed by atoms with Crippen molar-refractivity contribution in [1.82, 2.24) is 9.88 Å². The second-order valence-corrected chi connectivity index (χ2v) is 6.22. The summed E-state index contributed by atoms with van der Waals surface area (Å²) in [5.74, 6) is 0.177. The number of hydrogen-bond donors (Lipinski definition) is 0. The summed E-state index contributed by atoms with van der Waals surface area (Å²) in [7, 11) is 0. The van der Waals surface area contributed by atoms with Crippen molar-refractivity contribution in [3.63, 3.8) is 0 Å². The van der Waals surface area contributed by atoms with Gasteiger partial charge in [-0.05, 0) is 25.1 Å². The van der Waals surface area contributed by atoms with Gasteiger partial charge < -0.3 is 14.4 Å². The molecule has 0 saturated carbocycles. The number of piperidine rings is 1. The summed E-state index contributed by atoms with van der Waals surface area (Å²) in [6.45, 7) is 3.39. The molecule has 1 aromatic heterocycles. The lowest BCUT2D eigenvalue weighted by Gasteiger charge is -2.29. The number of hydrogen-bond acceptors (Lipinski definition) is 5. The smallest absolute Gasteiger partial charge is 0.341 e. The number of nitrogens with zero attached hydrogens (tertiary/aromatic N) is 2. The molecule has 1 amide bonds. The molecule has 0 aliphatic carbocycles. The number of carbonyl (C=O) groups excluding carboxylic acids is 2. The van der Waals surface area contributed by atoms with Crippen LogP contribution >= 0.6 is 11.6 Å². The molecule has 1 aliphatic rings. The van der Waals surface area contributed by atoms with Crippen molar-refractivity contribution >= 4 is 34.9 Å². The molecular formula is C18H19ClN2O4. The Hall–Kier alpha value is -2.34. The van der Waals surface area contributed by atoms with Gasteiger partial charge in [-0.25, -0.2) is 4.79 Å². The fourth-order valence-corrected chi connectivity index (χ4v) is 3.13. The van der Waals surface area contributed by atoms with Crippen LogP contribution in [0.5, 0.6) is 5.75 Å². The highest BCUT2D eigenvalue weighted by molar-refractivity contribution is 6.38. The minimum absolute atomic E-state index is 0.0497. The minimum Gasteiger partial charge on any atom is -0.490 e. The van der Waals surface area contributed by atoms with Crippen LogP contribution in [0.2, 0.25) is 5.02 Å². The number of fused-ring (bicyclic) bond motifs is 1. The first-order chi connectivity index (χ1) is 12.1. The van der Waals surface area contributed by atoms with Crippen LogP contribution in [-0.4, -0.2) is 48.1 Å². The van der Waals surface area contributed by atoms with Gasteiger partial charge in [-0.1, -0.05) is 11.6 Å². The fourth-order valence-electron chi connectivity index (χ4n) is 2.86. The van der Waals surface area contributed by atoms with Crippen molar-refractivity contribution in [3.05, 3.63) is 35.0 Å². The van der Waals surface area contributed by atoms with Gasteiger partial charge in [0.25, 0.3) is 0 Å². The maximum absolute atomic E-state index is 12.0. The summed E-state index contributed by atoms with van der Waals surface area (Å²) in [5.41, 5.74) is 0.925. The Kier molecular flexibility index (Phi) is 5.38. The highest BCUT2D eigenvalue weighted by Gasteiger charge is 2.20. The third-order valence-electron chi connectivity index (χ3n) is 4.20. The highest BCUT2D eigenvalue weighted by Crippen LogP contribution is 2.30. The summed E-state index contributed by atoms with van der Waals surface area (Å²) >= 11 is 6.38. The number of aromatic nitrogens is 1. The Morgan fingerprint density at radius 3 is 2.84 bits per heavy atom. The van der Waals surface area contributed by atoms with Gasteiger partial charge >= 0.3 is 5.97 Å². The van der Waals surface area contributed by atoms with Gasteiger partial charge in [0, 0.05) is 37.5 Å². The first kappa shape index (κ1) is 17.5. The molecule has 1 saturated heterocycles. The average molecular weight is 363 g/mol. The molecule has 2 heterocycles. The third-order valence-corrected chi connectivity index (χ3v) is 4.60. The van der Waals surface area contributed by atoms with Crippen LogP contribution in [-0.2, 0) is 9.53 Å². The Balaban J connectivity index is 1.82. The van der Waals surface area contributed by atoms with Crippen molar-refractivity contribution in [1.29, 1.82) is 0 Å². The molecule has 7 heteroatoms. The van der Waals surface area contributed by atoms with E-state index in [-0.39, 0.29) is 18.3 Å². The summed E-state index contributed by atoms with van der Waals surface area (Å²) in [6.07, 6.45) is 3.91. The fraction of sp³-hybridized carbons (Fsp3) is 0.389. The molecule has 1 aliphatic heterocycles. The maximum Gasteiger partial charge on any atom is 0.341 e. The first-order valence-electron chi connectivity index (χ1n) is 8.23.